The summed E-state index contributed by atoms with van der Waals surface area (Å²) in [6.45, 7) is 9.89. The van der Waals surface area contributed by atoms with E-state index >= 15 is 0 Å². The molecule has 0 N–H and O–H groups in total. The van der Waals surface area contributed by atoms with Crippen molar-refractivity contribution < 1.29 is 4.79 Å². The zero-order chi connectivity index (χ0) is 11.4. The predicted molar refractivity (Wildman–Crippen MR) is 57.6 cm³/mol. The van der Waals surface area contributed by atoms with E-state index in [1.165, 1.54) is 0 Å². The minimum absolute atomic E-state index is 0.0441. The molecule has 0 spiro atoms. The second-order valence-corrected chi connectivity index (χ2v) is 5.06. The molecule has 2 nitrogen and oxygen atoms in total. The van der Waals surface area contributed by atoms with Gasteiger partial charge in [0.15, 0.2) is 5.78 Å². The Hall–Kier alpha value is -1.10. The summed E-state index contributed by atoms with van der Waals surface area (Å²) in [5.74, 6) is 0.261. The number of allylic oxidation sites excluding steroid dienone is 2. The lowest BCUT2D eigenvalue weighted by molar-refractivity contribution is -0.115. The zero-order valence-corrected chi connectivity index (χ0v) is 9.72. The molecule has 0 bridgehead atoms. The van der Waals surface area contributed by atoms with Gasteiger partial charge in [-0.25, -0.2) is 0 Å². The molecule has 0 fully saturated rings. The molecule has 78 valence electrons. The SMILES string of the molecule is CC(C)CC(=O)/C(C#N)=C/C(C)(C)C. The molecule has 0 aliphatic rings. The predicted octanol–water partition coefficient (Wildman–Crippen LogP) is 3.10. The Morgan fingerprint density at radius 1 is 1.43 bits per heavy atom. The molecule has 0 saturated carbocycles. The average molecular weight is 193 g/mol. The van der Waals surface area contributed by atoms with Crippen molar-refractivity contribution in [1.29, 1.82) is 5.26 Å². The number of Topliss-reactive ketones (excluding diaryl/α,β-unsaturated/α-hetero) is 1. The Morgan fingerprint density at radius 3 is 2.21 bits per heavy atom. The van der Waals surface area contributed by atoms with E-state index in [4.69, 9.17) is 5.26 Å². The molecule has 0 heterocycles. The third-order valence-electron chi connectivity index (χ3n) is 1.59. The van der Waals surface area contributed by atoms with Gasteiger partial charge in [-0.05, 0) is 11.3 Å². The number of hydrogen-bond acceptors (Lipinski definition) is 2. The molecule has 0 aromatic heterocycles. The molecular formula is C12H19NO. The molecule has 0 atom stereocenters. The van der Waals surface area contributed by atoms with Crippen molar-refractivity contribution in [2.24, 2.45) is 11.3 Å². The summed E-state index contributed by atoms with van der Waals surface area (Å²) in [5.41, 5.74) is 0.184. The van der Waals surface area contributed by atoms with Crippen LogP contribution in [0.4, 0.5) is 0 Å². The molecule has 0 aromatic carbocycles. The summed E-state index contributed by atoms with van der Waals surface area (Å²) in [5, 5.41) is 8.83. The van der Waals surface area contributed by atoms with E-state index in [0.29, 0.717) is 17.9 Å². The molecule has 0 unspecified atom stereocenters. The summed E-state index contributed by atoms with van der Waals surface area (Å²) in [6.07, 6.45) is 2.20. The van der Waals surface area contributed by atoms with Gasteiger partial charge in [0.1, 0.15) is 6.07 Å². The second kappa shape index (κ2) is 4.95. The van der Waals surface area contributed by atoms with Crippen molar-refractivity contribution in [1.82, 2.24) is 0 Å². The van der Waals surface area contributed by atoms with Crippen LogP contribution in [0.3, 0.4) is 0 Å². The standard InChI is InChI=1S/C12H19NO/c1-9(2)6-11(14)10(8-13)7-12(3,4)5/h7,9H,6H2,1-5H3/b10-7+. The maximum absolute atomic E-state index is 11.6. The Kier molecular flexibility index (Phi) is 4.56. The van der Waals surface area contributed by atoms with E-state index < -0.39 is 0 Å². The number of carbonyl (C=O) groups is 1. The maximum Gasteiger partial charge on any atom is 0.173 e. The fourth-order valence-electron chi connectivity index (χ4n) is 1.09. The number of rotatable bonds is 3. The fraction of sp³-hybridized carbons (Fsp3) is 0.667. The van der Waals surface area contributed by atoms with E-state index in [1.54, 1.807) is 6.08 Å². The van der Waals surface area contributed by atoms with Crippen molar-refractivity contribution in [3.63, 3.8) is 0 Å². The monoisotopic (exact) mass is 193 g/mol. The van der Waals surface area contributed by atoms with Crippen molar-refractivity contribution in [3.8, 4) is 6.07 Å². The summed E-state index contributed by atoms with van der Waals surface area (Å²) >= 11 is 0. The highest BCUT2D eigenvalue weighted by Crippen LogP contribution is 2.19. The van der Waals surface area contributed by atoms with Crippen molar-refractivity contribution in [2.45, 2.75) is 41.0 Å². The molecule has 0 aliphatic heterocycles. The van der Waals surface area contributed by atoms with Gasteiger partial charge in [-0.15, -0.1) is 0 Å². The van der Waals surface area contributed by atoms with Crippen molar-refractivity contribution >= 4 is 5.78 Å². The summed E-state index contributed by atoms with van der Waals surface area (Å²) in [4.78, 5) is 11.6. The van der Waals surface area contributed by atoms with Crippen LogP contribution < -0.4 is 0 Å². The first-order chi connectivity index (χ1) is 6.26. The van der Waals surface area contributed by atoms with Crippen molar-refractivity contribution in [2.75, 3.05) is 0 Å². The van der Waals surface area contributed by atoms with Gasteiger partial charge in [0, 0.05) is 6.42 Å². The third kappa shape index (κ3) is 5.53. The molecule has 2 heteroatoms. The largest absolute Gasteiger partial charge is 0.293 e. The van der Waals surface area contributed by atoms with Crippen LogP contribution in [0.1, 0.15) is 41.0 Å². The smallest absolute Gasteiger partial charge is 0.173 e. The fourth-order valence-corrected chi connectivity index (χ4v) is 1.09. The van der Waals surface area contributed by atoms with Crippen LogP contribution in [0.25, 0.3) is 0 Å². The highest BCUT2D eigenvalue weighted by molar-refractivity contribution is 5.99. The Morgan fingerprint density at radius 2 is 1.93 bits per heavy atom. The maximum atomic E-state index is 11.6. The van der Waals surface area contributed by atoms with E-state index in [0.717, 1.165) is 0 Å². The average Bonchev–Trinajstić information content (AvgIpc) is 1.96. The third-order valence-corrected chi connectivity index (χ3v) is 1.59. The Bertz CT molecular complexity index is 274. The van der Waals surface area contributed by atoms with E-state index in [-0.39, 0.29) is 11.2 Å². The number of nitriles is 1. The minimum atomic E-state index is -0.113. The van der Waals surface area contributed by atoms with Gasteiger partial charge in [-0.1, -0.05) is 40.7 Å². The first kappa shape index (κ1) is 12.9. The van der Waals surface area contributed by atoms with Gasteiger partial charge in [-0.2, -0.15) is 5.26 Å². The van der Waals surface area contributed by atoms with Crippen LogP contribution in [0.5, 0.6) is 0 Å². The number of ketones is 1. The number of hydrogen-bond donors (Lipinski definition) is 0. The van der Waals surface area contributed by atoms with Gasteiger partial charge >= 0.3 is 0 Å². The number of nitrogens with zero attached hydrogens (tertiary/aromatic N) is 1. The molecule has 14 heavy (non-hydrogen) atoms. The lowest BCUT2D eigenvalue weighted by atomic mass is 9.91. The molecular weight excluding hydrogens is 174 g/mol. The van der Waals surface area contributed by atoms with Gasteiger partial charge in [-0.3, -0.25) is 4.79 Å². The molecule has 0 radical (unpaired) electrons. The van der Waals surface area contributed by atoms with Crippen LogP contribution in [-0.2, 0) is 4.79 Å². The highest BCUT2D eigenvalue weighted by atomic mass is 16.1. The van der Waals surface area contributed by atoms with Gasteiger partial charge in [0.05, 0.1) is 5.57 Å². The lowest BCUT2D eigenvalue weighted by Crippen LogP contribution is -2.09. The topological polar surface area (TPSA) is 40.9 Å². The first-order valence-electron chi connectivity index (χ1n) is 4.92. The van der Waals surface area contributed by atoms with Crippen LogP contribution >= 0.6 is 0 Å². The zero-order valence-electron chi connectivity index (χ0n) is 9.72. The van der Waals surface area contributed by atoms with E-state index in [2.05, 4.69) is 0 Å². The Balaban J connectivity index is 4.68. The molecule has 0 aromatic rings. The Labute approximate surface area is 86.6 Å². The molecule has 0 rings (SSSR count). The van der Waals surface area contributed by atoms with Gasteiger partial charge in [0.25, 0.3) is 0 Å². The van der Waals surface area contributed by atoms with Crippen LogP contribution in [-0.4, -0.2) is 5.78 Å². The van der Waals surface area contributed by atoms with Crippen molar-refractivity contribution in [3.05, 3.63) is 11.6 Å². The summed E-state index contributed by atoms with van der Waals surface area (Å²) < 4.78 is 0. The van der Waals surface area contributed by atoms with Crippen LogP contribution in [0, 0.1) is 22.7 Å². The molecule has 0 amide bonds. The first-order valence-corrected chi connectivity index (χ1v) is 4.92. The normalized spacial score (nSPS) is 12.8. The summed E-state index contributed by atoms with van der Waals surface area (Å²) in [6, 6.07) is 1.98. The summed E-state index contributed by atoms with van der Waals surface area (Å²) in [7, 11) is 0. The highest BCUT2D eigenvalue weighted by Gasteiger charge is 2.15. The van der Waals surface area contributed by atoms with Crippen LogP contribution in [0.2, 0.25) is 0 Å². The van der Waals surface area contributed by atoms with Gasteiger partial charge in [0.2, 0.25) is 0 Å². The molecule has 0 saturated heterocycles. The minimum Gasteiger partial charge on any atom is -0.293 e. The van der Waals surface area contributed by atoms with E-state index in [9.17, 15) is 4.79 Å². The number of carbonyl (C=O) groups excluding carboxylic acids is 1. The van der Waals surface area contributed by atoms with E-state index in [1.807, 2.05) is 40.7 Å². The van der Waals surface area contributed by atoms with Crippen LogP contribution in [0.15, 0.2) is 11.6 Å². The van der Waals surface area contributed by atoms with Gasteiger partial charge < -0.3 is 0 Å². The second-order valence-electron chi connectivity index (χ2n) is 5.06. The quantitative estimate of drug-likeness (QED) is 0.510. The lowest BCUT2D eigenvalue weighted by Gasteiger charge is -2.12. The molecule has 0 aliphatic carbocycles.